The molecule has 156 valence electrons. The van der Waals surface area contributed by atoms with Gasteiger partial charge >= 0.3 is 0 Å². The van der Waals surface area contributed by atoms with Crippen molar-refractivity contribution in [1.82, 2.24) is 9.62 Å². The predicted molar refractivity (Wildman–Crippen MR) is 113 cm³/mol. The Morgan fingerprint density at radius 1 is 1.14 bits per heavy atom. The molecule has 1 amide bonds. The molecule has 6 nitrogen and oxygen atoms in total. The van der Waals surface area contributed by atoms with E-state index in [9.17, 15) is 13.2 Å². The summed E-state index contributed by atoms with van der Waals surface area (Å²) in [6.07, 6.45) is 1.75. The van der Waals surface area contributed by atoms with Gasteiger partial charge in [-0.15, -0.1) is 0 Å². The topological polar surface area (TPSA) is 75.7 Å². The van der Waals surface area contributed by atoms with Crippen molar-refractivity contribution in [2.45, 2.75) is 44.6 Å². The molecule has 1 atom stereocenters. The van der Waals surface area contributed by atoms with Crippen molar-refractivity contribution in [3.8, 4) is 5.75 Å². The molecule has 2 aromatic carbocycles. The van der Waals surface area contributed by atoms with E-state index < -0.39 is 10.0 Å². The summed E-state index contributed by atoms with van der Waals surface area (Å²) in [7, 11) is -3.58. The average Bonchev–Trinajstić information content (AvgIpc) is 3.24. The molecular weight excluding hydrogens is 388 g/mol. The van der Waals surface area contributed by atoms with Crippen molar-refractivity contribution in [2.24, 2.45) is 0 Å². The normalized spacial score (nSPS) is 15.8. The van der Waals surface area contributed by atoms with Crippen molar-refractivity contribution >= 4 is 15.9 Å². The lowest BCUT2D eigenvalue weighted by atomic mass is 10.1. The van der Waals surface area contributed by atoms with Crippen LogP contribution in [0.1, 0.15) is 54.2 Å². The third kappa shape index (κ3) is 4.79. The third-order valence-corrected chi connectivity index (χ3v) is 7.21. The Morgan fingerprint density at radius 3 is 2.41 bits per heavy atom. The van der Waals surface area contributed by atoms with E-state index in [4.69, 9.17) is 4.74 Å². The molecular formula is C22H28N2O4S. The van der Waals surface area contributed by atoms with E-state index in [0.29, 0.717) is 30.8 Å². The van der Waals surface area contributed by atoms with Crippen LogP contribution in [0, 0.1) is 6.92 Å². The van der Waals surface area contributed by atoms with Crippen LogP contribution in [0.3, 0.4) is 0 Å². The van der Waals surface area contributed by atoms with Crippen molar-refractivity contribution in [3.05, 3.63) is 59.2 Å². The fourth-order valence-corrected chi connectivity index (χ4v) is 5.24. The summed E-state index contributed by atoms with van der Waals surface area (Å²) in [6, 6.07) is 12.2. The van der Waals surface area contributed by atoms with Gasteiger partial charge in [0.15, 0.2) is 0 Å². The molecule has 1 N–H and O–H groups in total. The number of hydrogen-bond acceptors (Lipinski definition) is 4. The van der Waals surface area contributed by atoms with Crippen molar-refractivity contribution in [1.29, 1.82) is 0 Å². The minimum atomic E-state index is -3.58. The maximum atomic E-state index is 12.9. The minimum absolute atomic E-state index is 0.209. The van der Waals surface area contributed by atoms with Gasteiger partial charge < -0.3 is 10.1 Å². The Balaban J connectivity index is 1.77. The molecule has 0 aromatic heterocycles. The molecule has 1 aliphatic rings. The second-order valence-corrected chi connectivity index (χ2v) is 9.20. The largest absolute Gasteiger partial charge is 0.494 e. The van der Waals surface area contributed by atoms with Gasteiger partial charge in [0.05, 0.1) is 17.5 Å². The van der Waals surface area contributed by atoms with Gasteiger partial charge in [-0.1, -0.05) is 18.2 Å². The maximum absolute atomic E-state index is 12.9. The molecule has 0 aliphatic carbocycles. The number of ether oxygens (including phenoxy) is 1. The molecule has 0 bridgehead atoms. The molecule has 0 spiro atoms. The fraction of sp³-hybridized carbons (Fsp3) is 0.409. The zero-order valence-corrected chi connectivity index (χ0v) is 18.0. The Morgan fingerprint density at radius 2 is 1.79 bits per heavy atom. The molecule has 0 unspecified atom stereocenters. The van der Waals surface area contributed by atoms with Gasteiger partial charge in [-0.25, -0.2) is 8.42 Å². The van der Waals surface area contributed by atoms with Crippen LogP contribution in [-0.2, 0) is 10.0 Å². The molecule has 7 heteroatoms. The molecule has 29 heavy (non-hydrogen) atoms. The van der Waals surface area contributed by atoms with Gasteiger partial charge in [0.1, 0.15) is 5.75 Å². The number of benzene rings is 2. The van der Waals surface area contributed by atoms with Crippen molar-refractivity contribution in [2.75, 3.05) is 19.7 Å². The van der Waals surface area contributed by atoms with Gasteiger partial charge in [-0.05, 0) is 69.0 Å². The number of carbonyl (C=O) groups excluding carboxylic acids is 1. The first-order valence-electron chi connectivity index (χ1n) is 9.97. The number of sulfonamides is 1. The summed E-state index contributed by atoms with van der Waals surface area (Å²) < 4.78 is 32.8. The summed E-state index contributed by atoms with van der Waals surface area (Å²) in [6.45, 7) is 7.25. The summed E-state index contributed by atoms with van der Waals surface area (Å²) in [4.78, 5) is 13.0. The van der Waals surface area contributed by atoms with E-state index >= 15 is 0 Å². The SMILES string of the molecule is CCOc1ccc([C@H](C)NC(=O)c2ccc(C)c(S(=O)(=O)N3CCCC3)c2)cc1. The molecule has 3 rings (SSSR count). The first-order chi connectivity index (χ1) is 13.8. The number of hydrogen-bond donors (Lipinski definition) is 1. The highest BCUT2D eigenvalue weighted by Crippen LogP contribution is 2.25. The van der Waals surface area contributed by atoms with Crippen molar-refractivity contribution < 1.29 is 17.9 Å². The monoisotopic (exact) mass is 416 g/mol. The number of rotatable bonds is 7. The Bertz CT molecular complexity index is 965. The fourth-order valence-electron chi connectivity index (χ4n) is 3.47. The van der Waals surface area contributed by atoms with E-state index in [-0.39, 0.29) is 16.8 Å². The lowest BCUT2D eigenvalue weighted by Gasteiger charge is -2.19. The van der Waals surface area contributed by atoms with Gasteiger partial charge in [0.2, 0.25) is 10.0 Å². The van der Waals surface area contributed by atoms with Gasteiger partial charge in [-0.2, -0.15) is 4.31 Å². The van der Waals surface area contributed by atoms with Gasteiger partial charge in [0, 0.05) is 18.7 Å². The predicted octanol–water partition coefficient (Wildman–Crippen LogP) is 3.67. The number of aryl methyl sites for hydroxylation is 1. The second kappa shape index (κ2) is 8.97. The first-order valence-corrected chi connectivity index (χ1v) is 11.4. The van der Waals surface area contributed by atoms with E-state index in [0.717, 1.165) is 24.2 Å². The number of carbonyl (C=O) groups is 1. The average molecular weight is 417 g/mol. The van der Waals surface area contributed by atoms with Gasteiger partial charge in [-0.3, -0.25) is 4.79 Å². The van der Waals surface area contributed by atoms with Gasteiger partial charge in [0.25, 0.3) is 5.91 Å². The molecule has 1 aliphatic heterocycles. The number of nitrogens with zero attached hydrogens (tertiary/aromatic N) is 1. The maximum Gasteiger partial charge on any atom is 0.251 e. The minimum Gasteiger partial charge on any atom is -0.494 e. The summed E-state index contributed by atoms with van der Waals surface area (Å²) in [5.41, 5.74) is 1.93. The van der Waals surface area contributed by atoms with Crippen LogP contribution < -0.4 is 10.1 Å². The van der Waals surface area contributed by atoms with E-state index in [2.05, 4.69) is 5.32 Å². The molecule has 1 saturated heterocycles. The highest BCUT2D eigenvalue weighted by molar-refractivity contribution is 7.89. The Kier molecular flexibility index (Phi) is 6.59. The zero-order chi connectivity index (χ0) is 21.0. The van der Waals surface area contributed by atoms with E-state index in [1.54, 1.807) is 19.1 Å². The molecule has 2 aromatic rings. The second-order valence-electron chi connectivity index (χ2n) is 7.29. The highest BCUT2D eigenvalue weighted by atomic mass is 32.2. The summed E-state index contributed by atoms with van der Waals surface area (Å²) in [5.74, 6) is 0.481. The lowest BCUT2D eigenvalue weighted by molar-refractivity contribution is 0.0939. The molecule has 0 radical (unpaired) electrons. The van der Waals surface area contributed by atoms with E-state index in [1.165, 1.54) is 10.4 Å². The Labute approximate surface area is 172 Å². The lowest BCUT2D eigenvalue weighted by Crippen LogP contribution is -2.30. The van der Waals surface area contributed by atoms with Crippen molar-refractivity contribution in [3.63, 3.8) is 0 Å². The summed E-state index contributed by atoms with van der Waals surface area (Å²) >= 11 is 0. The molecule has 0 saturated carbocycles. The van der Waals surface area contributed by atoms with Crippen LogP contribution in [0.15, 0.2) is 47.4 Å². The summed E-state index contributed by atoms with van der Waals surface area (Å²) in [5, 5.41) is 2.94. The smallest absolute Gasteiger partial charge is 0.251 e. The standard InChI is InChI=1S/C22H28N2O4S/c1-4-28-20-11-9-18(10-12-20)17(3)23-22(25)19-8-7-16(2)21(15-19)29(26,27)24-13-5-6-14-24/h7-12,15,17H,4-6,13-14H2,1-3H3,(H,23,25)/t17-/m0/s1. The molecule has 1 fully saturated rings. The van der Waals surface area contributed by atoms with Crippen LogP contribution in [0.25, 0.3) is 0 Å². The first kappa shape index (κ1) is 21.3. The number of nitrogens with one attached hydrogen (secondary N) is 1. The van der Waals surface area contributed by atoms with Crippen LogP contribution in [0.2, 0.25) is 0 Å². The zero-order valence-electron chi connectivity index (χ0n) is 17.1. The Hall–Kier alpha value is -2.38. The van der Waals surface area contributed by atoms with Crippen LogP contribution in [0.4, 0.5) is 0 Å². The molecule has 1 heterocycles. The van der Waals surface area contributed by atoms with Crippen LogP contribution >= 0.6 is 0 Å². The van der Waals surface area contributed by atoms with Crippen LogP contribution in [-0.4, -0.2) is 38.3 Å². The van der Waals surface area contributed by atoms with E-state index in [1.807, 2.05) is 38.1 Å². The number of amides is 1. The highest BCUT2D eigenvalue weighted by Gasteiger charge is 2.29. The quantitative estimate of drug-likeness (QED) is 0.747. The third-order valence-electron chi connectivity index (χ3n) is 5.17. The van der Waals surface area contributed by atoms with Crippen LogP contribution in [0.5, 0.6) is 5.75 Å².